The van der Waals surface area contributed by atoms with Crippen molar-refractivity contribution in [2.75, 3.05) is 20.8 Å². The minimum Gasteiger partial charge on any atom is -0.496 e. The lowest BCUT2D eigenvalue weighted by Crippen LogP contribution is -2.28. The highest BCUT2D eigenvalue weighted by atomic mass is 35.5. The maximum Gasteiger partial charge on any atom is 0.258 e. The fourth-order valence-corrected chi connectivity index (χ4v) is 2.42. The summed E-state index contributed by atoms with van der Waals surface area (Å²) in [7, 11) is 3.20. The Bertz CT molecular complexity index is 701. The molecule has 0 fully saturated rings. The highest BCUT2D eigenvalue weighted by molar-refractivity contribution is 6.30. The van der Waals surface area contributed by atoms with E-state index in [9.17, 15) is 4.79 Å². The van der Waals surface area contributed by atoms with E-state index in [0.717, 1.165) is 16.9 Å². The van der Waals surface area contributed by atoms with E-state index in [1.807, 2.05) is 19.1 Å². The van der Waals surface area contributed by atoms with E-state index in [-0.39, 0.29) is 12.5 Å². The fraction of sp³-hybridized carbons (Fsp3) is 0.278. The Kier molecular flexibility index (Phi) is 6.32. The summed E-state index contributed by atoms with van der Waals surface area (Å²) in [6, 6.07) is 10.6. The van der Waals surface area contributed by atoms with Crippen molar-refractivity contribution >= 4 is 17.5 Å². The van der Waals surface area contributed by atoms with Crippen molar-refractivity contribution in [1.82, 2.24) is 5.32 Å². The molecule has 0 aromatic heterocycles. The summed E-state index contributed by atoms with van der Waals surface area (Å²) < 4.78 is 16.1. The van der Waals surface area contributed by atoms with Crippen molar-refractivity contribution in [3.8, 4) is 17.2 Å². The molecule has 0 spiro atoms. The van der Waals surface area contributed by atoms with E-state index in [0.29, 0.717) is 23.1 Å². The molecule has 2 aromatic rings. The SMILES string of the molecule is COc1ccc(CNC(=O)COc2ccc(Cl)cc2)c(OC)c1C. The molecule has 0 radical (unpaired) electrons. The summed E-state index contributed by atoms with van der Waals surface area (Å²) in [5.41, 5.74) is 1.76. The molecule has 128 valence electrons. The topological polar surface area (TPSA) is 56.8 Å². The molecule has 0 atom stereocenters. The van der Waals surface area contributed by atoms with E-state index in [4.69, 9.17) is 25.8 Å². The number of ether oxygens (including phenoxy) is 3. The Morgan fingerprint density at radius 1 is 1.08 bits per heavy atom. The summed E-state index contributed by atoms with van der Waals surface area (Å²) in [6.07, 6.45) is 0. The Balaban J connectivity index is 1.91. The number of carbonyl (C=O) groups excluding carboxylic acids is 1. The Morgan fingerprint density at radius 3 is 2.42 bits per heavy atom. The number of benzene rings is 2. The van der Waals surface area contributed by atoms with Crippen LogP contribution in [0.2, 0.25) is 5.02 Å². The molecular formula is C18H20ClNO4. The number of rotatable bonds is 7. The molecule has 0 aliphatic carbocycles. The Labute approximate surface area is 146 Å². The molecule has 2 rings (SSSR count). The number of hydrogen-bond donors (Lipinski definition) is 1. The lowest BCUT2D eigenvalue weighted by molar-refractivity contribution is -0.123. The molecular weight excluding hydrogens is 330 g/mol. The third-order valence-electron chi connectivity index (χ3n) is 3.52. The molecule has 1 amide bonds. The predicted octanol–water partition coefficient (Wildman–Crippen LogP) is 3.36. The number of nitrogens with one attached hydrogen (secondary N) is 1. The van der Waals surface area contributed by atoms with Gasteiger partial charge in [-0.2, -0.15) is 0 Å². The van der Waals surface area contributed by atoms with E-state index in [1.165, 1.54) is 0 Å². The van der Waals surface area contributed by atoms with Crippen LogP contribution in [0.1, 0.15) is 11.1 Å². The van der Waals surface area contributed by atoms with Gasteiger partial charge in [-0.05, 0) is 43.3 Å². The number of halogens is 1. The maximum absolute atomic E-state index is 11.9. The zero-order valence-corrected chi connectivity index (χ0v) is 14.6. The van der Waals surface area contributed by atoms with Crippen molar-refractivity contribution in [3.05, 3.63) is 52.5 Å². The second-order valence-corrected chi connectivity index (χ2v) is 5.54. The number of carbonyl (C=O) groups is 1. The van der Waals surface area contributed by atoms with Gasteiger partial charge in [0.2, 0.25) is 0 Å². The van der Waals surface area contributed by atoms with Crippen molar-refractivity contribution in [1.29, 1.82) is 0 Å². The van der Waals surface area contributed by atoms with Crippen LogP contribution in [0.25, 0.3) is 0 Å². The summed E-state index contributed by atoms with van der Waals surface area (Å²) in [5.74, 6) is 1.81. The van der Waals surface area contributed by atoms with Crippen LogP contribution in [-0.2, 0) is 11.3 Å². The van der Waals surface area contributed by atoms with Gasteiger partial charge in [0.15, 0.2) is 6.61 Å². The molecule has 0 saturated carbocycles. The van der Waals surface area contributed by atoms with Gasteiger partial charge in [0.05, 0.1) is 14.2 Å². The Hall–Kier alpha value is -2.40. The van der Waals surface area contributed by atoms with Crippen LogP contribution in [0.5, 0.6) is 17.2 Å². The first-order chi connectivity index (χ1) is 11.5. The highest BCUT2D eigenvalue weighted by Gasteiger charge is 2.12. The van der Waals surface area contributed by atoms with Gasteiger partial charge in [0.25, 0.3) is 5.91 Å². The van der Waals surface area contributed by atoms with Crippen LogP contribution in [0, 0.1) is 6.92 Å². The van der Waals surface area contributed by atoms with Crippen LogP contribution in [0.4, 0.5) is 0 Å². The molecule has 5 nitrogen and oxygen atoms in total. The summed E-state index contributed by atoms with van der Waals surface area (Å²) in [4.78, 5) is 11.9. The van der Waals surface area contributed by atoms with Gasteiger partial charge >= 0.3 is 0 Å². The molecule has 6 heteroatoms. The van der Waals surface area contributed by atoms with Crippen molar-refractivity contribution < 1.29 is 19.0 Å². The van der Waals surface area contributed by atoms with E-state index in [1.54, 1.807) is 38.5 Å². The number of amides is 1. The summed E-state index contributed by atoms with van der Waals surface area (Å²) in [5, 5.41) is 3.43. The lowest BCUT2D eigenvalue weighted by Gasteiger charge is -2.15. The monoisotopic (exact) mass is 349 g/mol. The summed E-state index contributed by atoms with van der Waals surface area (Å²) >= 11 is 5.80. The second-order valence-electron chi connectivity index (χ2n) is 5.10. The van der Waals surface area contributed by atoms with Crippen LogP contribution < -0.4 is 19.5 Å². The molecule has 0 bridgehead atoms. The van der Waals surface area contributed by atoms with Crippen LogP contribution in [0.3, 0.4) is 0 Å². The van der Waals surface area contributed by atoms with Crippen molar-refractivity contribution in [2.24, 2.45) is 0 Å². The average Bonchev–Trinajstić information content (AvgIpc) is 2.59. The van der Waals surface area contributed by atoms with E-state index in [2.05, 4.69) is 5.32 Å². The van der Waals surface area contributed by atoms with Gasteiger partial charge in [0.1, 0.15) is 17.2 Å². The zero-order valence-electron chi connectivity index (χ0n) is 13.9. The minimum atomic E-state index is -0.222. The van der Waals surface area contributed by atoms with Crippen molar-refractivity contribution in [3.63, 3.8) is 0 Å². The molecule has 0 aliphatic rings. The third kappa shape index (κ3) is 4.55. The van der Waals surface area contributed by atoms with Gasteiger partial charge in [-0.1, -0.05) is 11.6 Å². The maximum atomic E-state index is 11.9. The quantitative estimate of drug-likeness (QED) is 0.832. The van der Waals surface area contributed by atoms with Crippen LogP contribution in [0.15, 0.2) is 36.4 Å². The third-order valence-corrected chi connectivity index (χ3v) is 3.77. The average molecular weight is 350 g/mol. The first-order valence-corrected chi connectivity index (χ1v) is 7.78. The van der Waals surface area contributed by atoms with Crippen LogP contribution in [-0.4, -0.2) is 26.7 Å². The smallest absolute Gasteiger partial charge is 0.258 e. The second kappa shape index (κ2) is 8.45. The van der Waals surface area contributed by atoms with Gasteiger partial charge in [0, 0.05) is 22.7 Å². The molecule has 1 N–H and O–H groups in total. The van der Waals surface area contributed by atoms with Gasteiger partial charge in [-0.15, -0.1) is 0 Å². The number of methoxy groups -OCH3 is 2. The Morgan fingerprint density at radius 2 is 1.79 bits per heavy atom. The predicted molar refractivity (Wildman–Crippen MR) is 93.1 cm³/mol. The normalized spacial score (nSPS) is 10.2. The number of hydrogen-bond acceptors (Lipinski definition) is 4. The fourth-order valence-electron chi connectivity index (χ4n) is 2.30. The van der Waals surface area contributed by atoms with Crippen LogP contribution >= 0.6 is 11.6 Å². The van der Waals surface area contributed by atoms with Gasteiger partial charge < -0.3 is 19.5 Å². The standard InChI is InChI=1S/C18H20ClNO4/c1-12-16(22-2)9-4-13(18(12)23-3)10-20-17(21)11-24-15-7-5-14(19)6-8-15/h4-9H,10-11H2,1-3H3,(H,20,21). The molecule has 0 aliphatic heterocycles. The zero-order chi connectivity index (χ0) is 17.5. The van der Waals surface area contributed by atoms with E-state index >= 15 is 0 Å². The van der Waals surface area contributed by atoms with E-state index < -0.39 is 0 Å². The largest absolute Gasteiger partial charge is 0.496 e. The molecule has 0 saturated heterocycles. The van der Waals surface area contributed by atoms with Gasteiger partial charge in [-0.3, -0.25) is 4.79 Å². The summed E-state index contributed by atoms with van der Waals surface area (Å²) in [6.45, 7) is 2.18. The molecule has 0 unspecified atom stereocenters. The minimum absolute atomic E-state index is 0.0704. The first kappa shape index (κ1) is 17.9. The van der Waals surface area contributed by atoms with Crippen molar-refractivity contribution in [2.45, 2.75) is 13.5 Å². The first-order valence-electron chi connectivity index (χ1n) is 7.40. The lowest BCUT2D eigenvalue weighted by atomic mass is 10.1. The molecule has 2 aromatic carbocycles. The highest BCUT2D eigenvalue weighted by Crippen LogP contribution is 2.31. The molecule has 24 heavy (non-hydrogen) atoms. The van der Waals surface area contributed by atoms with Gasteiger partial charge in [-0.25, -0.2) is 0 Å². The molecule has 0 heterocycles.